The summed E-state index contributed by atoms with van der Waals surface area (Å²) in [6, 6.07) is 0. The molecule has 0 saturated carbocycles. The summed E-state index contributed by atoms with van der Waals surface area (Å²) in [5, 5.41) is 3.10. The zero-order chi connectivity index (χ0) is 9.40. The second kappa shape index (κ2) is 6.68. The maximum atomic E-state index is 10.6. The molecule has 3 nitrogen and oxygen atoms in total. The fourth-order valence-corrected chi connectivity index (χ4v) is 0.735. The van der Waals surface area contributed by atoms with Crippen LogP contribution in [0.4, 0.5) is 0 Å². The molecule has 0 aliphatic rings. The van der Waals surface area contributed by atoms with Gasteiger partial charge in [0.05, 0.1) is 0 Å². The van der Waals surface area contributed by atoms with Gasteiger partial charge in [-0.1, -0.05) is 6.92 Å². The van der Waals surface area contributed by atoms with Gasteiger partial charge in [-0.2, -0.15) is 0 Å². The third kappa shape index (κ3) is 5.75. The first-order chi connectivity index (χ1) is 5.68. The zero-order valence-corrected chi connectivity index (χ0v) is 7.47. The van der Waals surface area contributed by atoms with Crippen molar-refractivity contribution in [2.45, 2.75) is 19.8 Å². The maximum absolute atomic E-state index is 10.6. The SMILES string of the molecule is C#CCCCNCC(C)C(N)=O. The quantitative estimate of drug-likeness (QED) is 0.437. The van der Waals surface area contributed by atoms with Crippen LogP contribution in [0.15, 0.2) is 0 Å². The molecule has 1 atom stereocenters. The van der Waals surface area contributed by atoms with Gasteiger partial charge in [0.15, 0.2) is 0 Å². The Kier molecular flexibility index (Phi) is 6.12. The van der Waals surface area contributed by atoms with E-state index in [1.165, 1.54) is 0 Å². The van der Waals surface area contributed by atoms with Crippen molar-refractivity contribution in [1.29, 1.82) is 0 Å². The molecule has 0 bridgehead atoms. The van der Waals surface area contributed by atoms with E-state index in [0.717, 1.165) is 19.4 Å². The molecule has 68 valence electrons. The van der Waals surface area contributed by atoms with Gasteiger partial charge in [-0.25, -0.2) is 0 Å². The molecule has 0 aliphatic heterocycles. The zero-order valence-electron chi connectivity index (χ0n) is 7.47. The van der Waals surface area contributed by atoms with Gasteiger partial charge in [0, 0.05) is 18.9 Å². The van der Waals surface area contributed by atoms with Crippen LogP contribution in [-0.2, 0) is 4.79 Å². The van der Waals surface area contributed by atoms with Gasteiger partial charge in [-0.15, -0.1) is 12.3 Å². The van der Waals surface area contributed by atoms with Crippen molar-refractivity contribution >= 4 is 5.91 Å². The van der Waals surface area contributed by atoms with E-state index in [1.54, 1.807) is 6.92 Å². The molecule has 3 N–H and O–H groups in total. The highest BCUT2D eigenvalue weighted by molar-refractivity contribution is 5.76. The van der Waals surface area contributed by atoms with Crippen LogP contribution in [0.2, 0.25) is 0 Å². The molecule has 0 heterocycles. The van der Waals surface area contributed by atoms with Crippen molar-refractivity contribution in [2.75, 3.05) is 13.1 Å². The molecular formula is C9H16N2O. The van der Waals surface area contributed by atoms with Crippen LogP contribution in [0.25, 0.3) is 0 Å². The van der Waals surface area contributed by atoms with Crippen LogP contribution in [0.3, 0.4) is 0 Å². The van der Waals surface area contributed by atoms with Crippen molar-refractivity contribution in [1.82, 2.24) is 5.32 Å². The third-order valence-corrected chi connectivity index (χ3v) is 1.61. The second-order valence-corrected chi connectivity index (χ2v) is 2.82. The number of terminal acetylenes is 1. The smallest absolute Gasteiger partial charge is 0.221 e. The van der Waals surface area contributed by atoms with Crippen LogP contribution < -0.4 is 11.1 Å². The normalized spacial score (nSPS) is 12.0. The molecule has 0 fully saturated rings. The summed E-state index contributed by atoms with van der Waals surface area (Å²) in [7, 11) is 0. The van der Waals surface area contributed by atoms with Crippen molar-refractivity contribution in [3.63, 3.8) is 0 Å². The molecule has 12 heavy (non-hydrogen) atoms. The highest BCUT2D eigenvalue weighted by Crippen LogP contribution is 1.90. The average Bonchev–Trinajstić information content (AvgIpc) is 2.03. The van der Waals surface area contributed by atoms with Crippen LogP contribution in [0, 0.1) is 18.3 Å². The molecule has 0 spiro atoms. The Morgan fingerprint density at radius 3 is 2.92 bits per heavy atom. The predicted octanol–water partition coefficient (Wildman–Crippen LogP) is 0.111. The molecule has 0 aromatic carbocycles. The fourth-order valence-electron chi connectivity index (χ4n) is 0.735. The molecule has 0 aliphatic carbocycles. The Bertz CT molecular complexity index is 172. The molecule has 0 aromatic heterocycles. The van der Waals surface area contributed by atoms with Crippen LogP contribution in [0.1, 0.15) is 19.8 Å². The van der Waals surface area contributed by atoms with Crippen molar-refractivity contribution < 1.29 is 4.79 Å². The lowest BCUT2D eigenvalue weighted by Gasteiger charge is -2.07. The Balaban J connectivity index is 3.21. The number of hydrogen-bond acceptors (Lipinski definition) is 2. The molecule has 0 aromatic rings. The lowest BCUT2D eigenvalue weighted by Crippen LogP contribution is -2.31. The molecular weight excluding hydrogens is 152 g/mol. The monoisotopic (exact) mass is 168 g/mol. The Hall–Kier alpha value is -1.01. The second-order valence-electron chi connectivity index (χ2n) is 2.82. The van der Waals surface area contributed by atoms with E-state index < -0.39 is 0 Å². The average molecular weight is 168 g/mol. The third-order valence-electron chi connectivity index (χ3n) is 1.61. The van der Waals surface area contributed by atoms with E-state index in [-0.39, 0.29) is 11.8 Å². The summed E-state index contributed by atoms with van der Waals surface area (Å²) in [6.45, 7) is 3.29. The summed E-state index contributed by atoms with van der Waals surface area (Å²) in [5.41, 5.74) is 5.07. The topological polar surface area (TPSA) is 55.1 Å². The van der Waals surface area contributed by atoms with Gasteiger partial charge in [0.1, 0.15) is 0 Å². The van der Waals surface area contributed by atoms with Crippen LogP contribution in [-0.4, -0.2) is 19.0 Å². The lowest BCUT2D eigenvalue weighted by molar-refractivity contribution is -0.121. The Morgan fingerprint density at radius 2 is 2.42 bits per heavy atom. The van der Waals surface area contributed by atoms with Gasteiger partial charge in [-0.05, 0) is 13.0 Å². The molecule has 1 unspecified atom stereocenters. The largest absolute Gasteiger partial charge is 0.369 e. The first-order valence-corrected chi connectivity index (χ1v) is 4.12. The van der Waals surface area contributed by atoms with Crippen LogP contribution >= 0.6 is 0 Å². The molecule has 0 rings (SSSR count). The summed E-state index contributed by atoms with van der Waals surface area (Å²) in [6.07, 6.45) is 6.79. The molecule has 0 saturated heterocycles. The lowest BCUT2D eigenvalue weighted by atomic mass is 10.2. The number of unbranched alkanes of at least 4 members (excludes halogenated alkanes) is 1. The number of rotatable bonds is 6. The minimum absolute atomic E-state index is 0.101. The number of carbonyl (C=O) groups is 1. The van der Waals surface area contributed by atoms with Crippen molar-refractivity contribution in [3.8, 4) is 12.3 Å². The van der Waals surface area contributed by atoms with Crippen molar-refractivity contribution in [3.05, 3.63) is 0 Å². The molecule has 0 radical (unpaired) electrons. The van der Waals surface area contributed by atoms with E-state index in [1.807, 2.05) is 0 Å². The Morgan fingerprint density at radius 1 is 1.75 bits per heavy atom. The highest BCUT2D eigenvalue weighted by Gasteiger charge is 2.06. The standard InChI is InChI=1S/C9H16N2O/c1-3-4-5-6-11-7-8(2)9(10)12/h1,8,11H,4-7H2,2H3,(H2,10,12). The number of nitrogens with two attached hydrogens (primary N) is 1. The predicted molar refractivity (Wildman–Crippen MR) is 49.3 cm³/mol. The number of hydrogen-bond donors (Lipinski definition) is 2. The summed E-state index contributed by atoms with van der Waals surface area (Å²) >= 11 is 0. The van der Waals surface area contributed by atoms with E-state index in [0.29, 0.717) is 6.54 Å². The summed E-state index contributed by atoms with van der Waals surface area (Å²) in [4.78, 5) is 10.6. The van der Waals surface area contributed by atoms with Crippen LogP contribution in [0.5, 0.6) is 0 Å². The maximum Gasteiger partial charge on any atom is 0.221 e. The van der Waals surface area contributed by atoms with Crippen molar-refractivity contribution in [2.24, 2.45) is 11.7 Å². The van der Waals surface area contributed by atoms with E-state index in [4.69, 9.17) is 12.2 Å². The first kappa shape index (κ1) is 11.0. The van der Waals surface area contributed by atoms with Gasteiger partial charge in [-0.3, -0.25) is 4.79 Å². The fraction of sp³-hybridized carbons (Fsp3) is 0.667. The minimum Gasteiger partial charge on any atom is -0.369 e. The van der Waals surface area contributed by atoms with Gasteiger partial charge in [0.25, 0.3) is 0 Å². The van der Waals surface area contributed by atoms with Gasteiger partial charge < -0.3 is 11.1 Å². The van der Waals surface area contributed by atoms with E-state index in [2.05, 4.69) is 11.2 Å². The molecule has 1 amide bonds. The van der Waals surface area contributed by atoms with Gasteiger partial charge in [0.2, 0.25) is 5.91 Å². The summed E-state index contributed by atoms with van der Waals surface area (Å²) < 4.78 is 0. The number of nitrogens with one attached hydrogen (secondary N) is 1. The minimum atomic E-state index is -0.264. The number of carbonyl (C=O) groups excluding carboxylic acids is 1. The Labute approximate surface area is 73.7 Å². The number of primary amides is 1. The number of amides is 1. The van der Waals surface area contributed by atoms with E-state index in [9.17, 15) is 4.79 Å². The molecule has 3 heteroatoms. The van der Waals surface area contributed by atoms with Gasteiger partial charge >= 0.3 is 0 Å². The highest BCUT2D eigenvalue weighted by atomic mass is 16.1. The summed E-state index contributed by atoms with van der Waals surface area (Å²) in [5.74, 6) is 2.18. The first-order valence-electron chi connectivity index (χ1n) is 4.12. The van der Waals surface area contributed by atoms with E-state index >= 15 is 0 Å².